The zero-order valence-corrected chi connectivity index (χ0v) is 14.3. The lowest BCUT2D eigenvalue weighted by atomic mass is 9.96. The summed E-state index contributed by atoms with van der Waals surface area (Å²) in [7, 11) is 2.16. The SMILES string of the molecule is Cc1c2ccccc2c2ccn3c4csc5cc[n+](C)c(c1c23)c54. The van der Waals surface area contributed by atoms with Crippen molar-refractivity contribution in [2.75, 3.05) is 0 Å². The second-order valence-electron chi connectivity index (χ2n) is 6.63. The molecule has 0 bridgehead atoms. The number of nitrogens with zero attached hydrogens (tertiary/aromatic N) is 2. The van der Waals surface area contributed by atoms with Crippen LogP contribution in [0.15, 0.2) is 54.2 Å². The smallest absolute Gasteiger partial charge is 0.225 e. The van der Waals surface area contributed by atoms with Gasteiger partial charge in [0.1, 0.15) is 7.05 Å². The molecular weight excluding hydrogens is 312 g/mol. The van der Waals surface area contributed by atoms with Crippen molar-refractivity contribution >= 4 is 59.5 Å². The molecule has 0 unspecified atom stereocenters. The average molecular weight is 327 g/mol. The standard InChI is InChI=1S/C21H15N2S/c1-12-13-5-3-4-6-14(13)15-7-10-23-16-11-24-17-8-9-22(2)21(19(16)17)18(12)20(15)23/h3-11H,1-2H3/q+1. The molecule has 0 saturated carbocycles. The van der Waals surface area contributed by atoms with Gasteiger partial charge in [0.15, 0.2) is 6.20 Å². The van der Waals surface area contributed by atoms with E-state index in [1.807, 2.05) is 11.3 Å². The monoisotopic (exact) mass is 327 g/mol. The molecule has 0 aliphatic rings. The first-order valence-electron chi connectivity index (χ1n) is 8.18. The summed E-state index contributed by atoms with van der Waals surface area (Å²) >= 11 is 1.84. The number of fused-ring (bicyclic) bond motifs is 4. The molecule has 4 heterocycles. The summed E-state index contributed by atoms with van der Waals surface area (Å²) in [5.41, 5.74) is 5.39. The molecule has 0 radical (unpaired) electrons. The van der Waals surface area contributed by atoms with E-state index in [0.717, 1.165) is 0 Å². The number of aryl methyl sites for hydroxylation is 2. The summed E-state index contributed by atoms with van der Waals surface area (Å²) < 4.78 is 6.03. The van der Waals surface area contributed by atoms with Crippen molar-refractivity contribution in [1.82, 2.24) is 4.40 Å². The van der Waals surface area contributed by atoms with Crippen molar-refractivity contribution in [3.05, 3.63) is 59.7 Å². The van der Waals surface area contributed by atoms with Crippen molar-refractivity contribution in [2.24, 2.45) is 7.05 Å². The number of hydrogen-bond donors (Lipinski definition) is 0. The minimum atomic E-state index is 1.32. The molecule has 0 aliphatic heterocycles. The van der Waals surface area contributed by atoms with Crippen LogP contribution >= 0.6 is 11.3 Å². The molecule has 0 amide bonds. The Labute approximate surface area is 142 Å². The maximum Gasteiger partial charge on any atom is 0.225 e. The Morgan fingerprint density at radius 2 is 1.79 bits per heavy atom. The molecule has 0 atom stereocenters. The van der Waals surface area contributed by atoms with E-state index in [-0.39, 0.29) is 0 Å². The van der Waals surface area contributed by atoms with Crippen molar-refractivity contribution in [2.45, 2.75) is 6.92 Å². The highest BCUT2D eigenvalue weighted by molar-refractivity contribution is 7.18. The van der Waals surface area contributed by atoms with Crippen LogP contribution in [0.5, 0.6) is 0 Å². The predicted molar refractivity (Wildman–Crippen MR) is 102 cm³/mol. The molecule has 24 heavy (non-hydrogen) atoms. The molecule has 6 rings (SSSR count). The van der Waals surface area contributed by atoms with Crippen LogP contribution in [-0.2, 0) is 7.05 Å². The molecule has 0 spiro atoms. The van der Waals surface area contributed by atoms with Gasteiger partial charge in [0.25, 0.3) is 0 Å². The van der Waals surface area contributed by atoms with Crippen molar-refractivity contribution in [3.8, 4) is 0 Å². The van der Waals surface area contributed by atoms with Crippen LogP contribution in [0, 0.1) is 6.92 Å². The number of aromatic nitrogens is 2. The van der Waals surface area contributed by atoms with Gasteiger partial charge in [0, 0.05) is 27.7 Å². The normalized spacial score (nSPS) is 12.6. The third kappa shape index (κ3) is 1.28. The Hall–Kier alpha value is -2.65. The van der Waals surface area contributed by atoms with E-state index in [2.05, 4.69) is 77.1 Å². The van der Waals surface area contributed by atoms with Crippen LogP contribution in [0.25, 0.3) is 48.2 Å². The third-order valence-corrected chi connectivity index (χ3v) is 6.39. The van der Waals surface area contributed by atoms with Gasteiger partial charge in [0.2, 0.25) is 5.52 Å². The lowest BCUT2D eigenvalue weighted by Gasteiger charge is -2.12. The van der Waals surface area contributed by atoms with Gasteiger partial charge in [-0.25, -0.2) is 4.57 Å². The number of hydrogen-bond acceptors (Lipinski definition) is 1. The van der Waals surface area contributed by atoms with Crippen LogP contribution in [0.4, 0.5) is 0 Å². The van der Waals surface area contributed by atoms with Crippen LogP contribution in [0.1, 0.15) is 5.56 Å². The third-order valence-electron chi connectivity index (χ3n) is 5.45. The largest absolute Gasteiger partial charge is 0.314 e. The van der Waals surface area contributed by atoms with Crippen LogP contribution in [0.2, 0.25) is 0 Å². The Kier molecular flexibility index (Phi) is 2.15. The fourth-order valence-electron chi connectivity index (χ4n) is 4.39. The van der Waals surface area contributed by atoms with Gasteiger partial charge >= 0.3 is 0 Å². The minimum Gasteiger partial charge on any atom is -0.314 e. The summed E-state index contributed by atoms with van der Waals surface area (Å²) in [6, 6.07) is 13.3. The highest BCUT2D eigenvalue weighted by Crippen LogP contribution is 2.41. The molecule has 4 aromatic heterocycles. The predicted octanol–water partition coefficient (Wildman–Crippen LogP) is 5.18. The quantitative estimate of drug-likeness (QED) is 0.206. The molecule has 114 valence electrons. The number of thiophene rings is 1. The van der Waals surface area contributed by atoms with Crippen molar-refractivity contribution in [3.63, 3.8) is 0 Å². The molecule has 2 nitrogen and oxygen atoms in total. The fourth-order valence-corrected chi connectivity index (χ4v) is 5.31. The maximum absolute atomic E-state index is 2.38. The summed E-state index contributed by atoms with van der Waals surface area (Å²) in [5.74, 6) is 0. The van der Waals surface area contributed by atoms with Gasteiger partial charge in [-0.2, -0.15) is 0 Å². The van der Waals surface area contributed by atoms with Crippen molar-refractivity contribution in [1.29, 1.82) is 0 Å². The lowest BCUT2D eigenvalue weighted by Crippen LogP contribution is -2.28. The maximum atomic E-state index is 2.38. The number of benzene rings is 2. The molecule has 0 fully saturated rings. The van der Waals surface area contributed by atoms with Crippen LogP contribution in [-0.4, -0.2) is 4.40 Å². The highest BCUT2D eigenvalue weighted by atomic mass is 32.1. The molecule has 0 aliphatic carbocycles. The molecule has 3 heteroatoms. The molecule has 6 aromatic rings. The summed E-state index contributed by atoms with van der Waals surface area (Å²) in [6.07, 6.45) is 4.43. The van der Waals surface area contributed by atoms with Gasteiger partial charge in [-0.1, -0.05) is 24.3 Å². The van der Waals surface area contributed by atoms with E-state index in [4.69, 9.17) is 0 Å². The van der Waals surface area contributed by atoms with Gasteiger partial charge < -0.3 is 4.40 Å². The lowest BCUT2D eigenvalue weighted by molar-refractivity contribution is -0.643. The van der Waals surface area contributed by atoms with Crippen LogP contribution < -0.4 is 4.57 Å². The average Bonchev–Trinajstić information content (AvgIpc) is 3.22. The Morgan fingerprint density at radius 3 is 2.67 bits per heavy atom. The molecule has 0 N–H and O–H groups in total. The zero-order valence-electron chi connectivity index (χ0n) is 13.5. The van der Waals surface area contributed by atoms with Gasteiger partial charge in [-0.3, -0.25) is 0 Å². The topological polar surface area (TPSA) is 8.29 Å². The van der Waals surface area contributed by atoms with E-state index in [1.165, 1.54) is 53.7 Å². The number of pyridine rings is 2. The van der Waals surface area contributed by atoms with E-state index < -0.39 is 0 Å². The molecule has 0 saturated heterocycles. The Bertz CT molecular complexity index is 1400. The van der Waals surface area contributed by atoms with Gasteiger partial charge in [-0.15, -0.1) is 11.3 Å². The first-order chi connectivity index (χ1) is 11.8. The molecular formula is C21H15N2S+. The minimum absolute atomic E-state index is 1.32. The Balaban J connectivity index is 2.14. The van der Waals surface area contributed by atoms with Crippen molar-refractivity contribution < 1.29 is 4.57 Å². The van der Waals surface area contributed by atoms with E-state index in [0.29, 0.717) is 0 Å². The van der Waals surface area contributed by atoms with E-state index in [1.54, 1.807) is 0 Å². The highest BCUT2D eigenvalue weighted by Gasteiger charge is 2.23. The zero-order chi connectivity index (χ0) is 16.0. The summed E-state index contributed by atoms with van der Waals surface area (Å²) in [4.78, 5) is 0. The first-order valence-corrected chi connectivity index (χ1v) is 9.06. The van der Waals surface area contributed by atoms with Gasteiger partial charge in [-0.05, 0) is 29.3 Å². The second kappa shape index (κ2) is 4.05. The van der Waals surface area contributed by atoms with Crippen LogP contribution in [0.3, 0.4) is 0 Å². The van der Waals surface area contributed by atoms with Gasteiger partial charge in [0.05, 0.1) is 21.8 Å². The van der Waals surface area contributed by atoms with E-state index in [9.17, 15) is 0 Å². The Morgan fingerprint density at radius 1 is 0.958 bits per heavy atom. The second-order valence-corrected chi connectivity index (χ2v) is 7.54. The van der Waals surface area contributed by atoms with E-state index >= 15 is 0 Å². The summed E-state index contributed by atoms with van der Waals surface area (Å²) in [6.45, 7) is 2.27. The number of rotatable bonds is 0. The molecule has 2 aromatic carbocycles. The summed E-state index contributed by atoms with van der Waals surface area (Å²) in [5, 5.41) is 9.11. The fraction of sp³-hybridized carbons (Fsp3) is 0.0952. The first kappa shape index (κ1) is 12.7.